The molecule has 0 radical (unpaired) electrons. The summed E-state index contributed by atoms with van der Waals surface area (Å²) in [6.45, 7) is 0.588. The summed E-state index contributed by atoms with van der Waals surface area (Å²) < 4.78 is 6.96. The molecule has 0 saturated carbocycles. The van der Waals surface area contributed by atoms with Gasteiger partial charge in [0.2, 0.25) is 0 Å². The molecule has 0 bridgehead atoms. The zero-order valence-electron chi connectivity index (χ0n) is 13.1. The van der Waals surface area contributed by atoms with Gasteiger partial charge in [0, 0.05) is 16.8 Å². The molecule has 0 spiro atoms. The number of amides is 1. The fraction of sp³-hybridized carbons (Fsp3) is 0.111. The highest BCUT2D eigenvalue weighted by atomic mass is 35.5. The molecule has 0 aliphatic carbocycles. The first-order valence-corrected chi connectivity index (χ1v) is 7.74. The second kappa shape index (κ2) is 7.19. The second-order valence-electron chi connectivity index (χ2n) is 5.24. The fourth-order valence-electron chi connectivity index (χ4n) is 2.31. The third-order valence-corrected chi connectivity index (χ3v) is 3.69. The van der Waals surface area contributed by atoms with Crippen LogP contribution in [0.5, 0.6) is 5.75 Å². The molecule has 122 valence electrons. The average Bonchev–Trinajstić information content (AvgIpc) is 3.02. The predicted octanol–water partition coefficient (Wildman–Crippen LogP) is 3.85. The first kappa shape index (κ1) is 16.1. The number of methoxy groups -OCH3 is 1. The lowest BCUT2D eigenvalue weighted by Gasteiger charge is -2.05. The summed E-state index contributed by atoms with van der Waals surface area (Å²) in [4.78, 5) is 12.2. The summed E-state index contributed by atoms with van der Waals surface area (Å²) in [5.41, 5.74) is 2.19. The van der Waals surface area contributed by atoms with Crippen LogP contribution in [0, 0.1) is 0 Å². The highest BCUT2D eigenvalue weighted by molar-refractivity contribution is 6.31. The van der Waals surface area contributed by atoms with E-state index in [4.69, 9.17) is 16.3 Å². The van der Waals surface area contributed by atoms with Crippen molar-refractivity contribution in [3.8, 4) is 5.75 Å². The van der Waals surface area contributed by atoms with Crippen LogP contribution in [0.3, 0.4) is 0 Å². The van der Waals surface area contributed by atoms with Crippen molar-refractivity contribution in [1.29, 1.82) is 0 Å². The Bertz CT molecular complexity index is 861. The number of rotatable bonds is 5. The third-order valence-electron chi connectivity index (χ3n) is 3.46. The summed E-state index contributed by atoms with van der Waals surface area (Å²) in [7, 11) is 1.64. The highest BCUT2D eigenvalue weighted by Crippen LogP contribution is 2.16. The van der Waals surface area contributed by atoms with Gasteiger partial charge in [-0.25, -0.2) is 0 Å². The van der Waals surface area contributed by atoms with E-state index >= 15 is 0 Å². The van der Waals surface area contributed by atoms with Crippen LogP contribution in [0.25, 0.3) is 0 Å². The number of hydrogen-bond donors (Lipinski definition) is 1. The maximum Gasteiger partial charge on any atom is 0.255 e. The summed E-state index contributed by atoms with van der Waals surface area (Å²) >= 11 is 5.90. The standard InChI is InChI=1S/C18H16ClN3O2/c1-24-17-7-2-4-13(8-17)11-22-12-16(10-20-22)21-18(23)14-5-3-6-15(19)9-14/h2-10,12H,11H2,1H3,(H,21,23). The monoisotopic (exact) mass is 341 g/mol. The van der Waals surface area contributed by atoms with Crippen molar-refractivity contribution in [2.24, 2.45) is 0 Å². The van der Waals surface area contributed by atoms with Gasteiger partial charge in [0.15, 0.2) is 0 Å². The summed E-state index contributed by atoms with van der Waals surface area (Å²) in [5.74, 6) is 0.576. The molecule has 2 aromatic carbocycles. The van der Waals surface area contributed by atoms with Crippen molar-refractivity contribution in [2.45, 2.75) is 6.54 Å². The molecule has 1 heterocycles. The van der Waals surface area contributed by atoms with Crippen LogP contribution in [0.15, 0.2) is 60.9 Å². The second-order valence-corrected chi connectivity index (χ2v) is 5.68. The van der Waals surface area contributed by atoms with E-state index in [2.05, 4.69) is 10.4 Å². The smallest absolute Gasteiger partial charge is 0.255 e. The van der Waals surface area contributed by atoms with Crippen molar-refractivity contribution in [1.82, 2.24) is 9.78 Å². The SMILES string of the molecule is COc1cccc(Cn2cc(NC(=O)c3cccc(Cl)c3)cn2)c1. The van der Waals surface area contributed by atoms with Gasteiger partial charge >= 0.3 is 0 Å². The molecule has 0 saturated heterocycles. The molecule has 0 aliphatic heterocycles. The van der Waals surface area contributed by atoms with E-state index in [1.54, 1.807) is 48.5 Å². The molecule has 0 aliphatic rings. The van der Waals surface area contributed by atoms with Gasteiger partial charge in [0.05, 0.1) is 25.5 Å². The quantitative estimate of drug-likeness (QED) is 0.767. The van der Waals surface area contributed by atoms with E-state index in [0.717, 1.165) is 11.3 Å². The van der Waals surface area contributed by atoms with Crippen molar-refractivity contribution in [3.63, 3.8) is 0 Å². The minimum Gasteiger partial charge on any atom is -0.497 e. The number of anilines is 1. The third kappa shape index (κ3) is 3.94. The van der Waals surface area contributed by atoms with Crippen LogP contribution in [-0.4, -0.2) is 22.8 Å². The normalized spacial score (nSPS) is 10.4. The Balaban J connectivity index is 1.68. The van der Waals surface area contributed by atoms with E-state index in [9.17, 15) is 4.79 Å². The van der Waals surface area contributed by atoms with Gasteiger partial charge in [0.1, 0.15) is 5.75 Å². The molecule has 24 heavy (non-hydrogen) atoms. The Morgan fingerprint density at radius 2 is 2.08 bits per heavy atom. The van der Waals surface area contributed by atoms with Gasteiger partial charge in [-0.2, -0.15) is 5.10 Å². The Labute approximate surface area is 144 Å². The Kier molecular flexibility index (Phi) is 4.82. The predicted molar refractivity (Wildman–Crippen MR) is 93.7 cm³/mol. The van der Waals surface area contributed by atoms with Gasteiger partial charge in [-0.15, -0.1) is 0 Å². The van der Waals surface area contributed by atoms with E-state index in [-0.39, 0.29) is 5.91 Å². The van der Waals surface area contributed by atoms with Gasteiger partial charge < -0.3 is 10.1 Å². The van der Waals surface area contributed by atoms with Crippen LogP contribution < -0.4 is 10.1 Å². The van der Waals surface area contributed by atoms with Gasteiger partial charge in [0.25, 0.3) is 5.91 Å². The zero-order valence-corrected chi connectivity index (χ0v) is 13.8. The summed E-state index contributed by atoms with van der Waals surface area (Å²) in [5, 5.41) is 7.60. The molecule has 0 unspecified atom stereocenters. The van der Waals surface area contributed by atoms with Crippen LogP contribution in [-0.2, 0) is 6.54 Å². The number of carbonyl (C=O) groups is 1. The zero-order chi connectivity index (χ0) is 16.9. The van der Waals surface area contributed by atoms with Crippen molar-refractivity contribution < 1.29 is 9.53 Å². The fourth-order valence-corrected chi connectivity index (χ4v) is 2.50. The first-order chi connectivity index (χ1) is 11.6. The van der Waals surface area contributed by atoms with Crippen LogP contribution in [0.2, 0.25) is 5.02 Å². The minimum absolute atomic E-state index is 0.224. The Hall–Kier alpha value is -2.79. The van der Waals surface area contributed by atoms with Gasteiger partial charge in [-0.3, -0.25) is 9.48 Å². The number of nitrogens with one attached hydrogen (secondary N) is 1. The van der Waals surface area contributed by atoms with Crippen LogP contribution >= 0.6 is 11.6 Å². The van der Waals surface area contributed by atoms with E-state index in [1.165, 1.54) is 0 Å². The van der Waals surface area contributed by atoms with E-state index in [1.807, 2.05) is 24.3 Å². The lowest BCUT2D eigenvalue weighted by atomic mass is 10.2. The van der Waals surface area contributed by atoms with Crippen LogP contribution in [0.1, 0.15) is 15.9 Å². The molecule has 3 aromatic rings. The van der Waals surface area contributed by atoms with Crippen molar-refractivity contribution in [2.75, 3.05) is 12.4 Å². The first-order valence-electron chi connectivity index (χ1n) is 7.36. The number of aromatic nitrogens is 2. The molecule has 3 rings (SSSR count). The number of halogens is 1. The number of carbonyl (C=O) groups excluding carboxylic acids is 1. The molecule has 1 N–H and O–H groups in total. The summed E-state index contributed by atoms with van der Waals surface area (Å²) in [6.07, 6.45) is 3.39. The largest absolute Gasteiger partial charge is 0.497 e. The lowest BCUT2D eigenvalue weighted by molar-refractivity contribution is 0.102. The number of benzene rings is 2. The molecular weight excluding hydrogens is 326 g/mol. The number of hydrogen-bond acceptors (Lipinski definition) is 3. The topological polar surface area (TPSA) is 56.1 Å². The maximum absolute atomic E-state index is 12.2. The lowest BCUT2D eigenvalue weighted by Crippen LogP contribution is -2.11. The number of ether oxygens (including phenoxy) is 1. The molecule has 6 heteroatoms. The van der Waals surface area contributed by atoms with Crippen LogP contribution in [0.4, 0.5) is 5.69 Å². The Morgan fingerprint density at radius 1 is 1.25 bits per heavy atom. The van der Waals surface area contributed by atoms with E-state index < -0.39 is 0 Å². The molecular formula is C18H16ClN3O2. The summed E-state index contributed by atoms with van der Waals surface area (Å²) in [6, 6.07) is 14.6. The minimum atomic E-state index is -0.224. The highest BCUT2D eigenvalue weighted by Gasteiger charge is 2.08. The number of nitrogens with zero attached hydrogens (tertiary/aromatic N) is 2. The molecule has 0 fully saturated rings. The Morgan fingerprint density at radius 3 is 2.88 bits per heavy atom. The van der Waals surface area contributed by atoms with Crippen molar-refractivity contribution >= 4 is 23.2 Å². The van der Waals surface area contributed by atoms with Crippen molar-refractivity contribution in [3.05, 3.63) is 77.1 Å². The molecule has 1 amide bonds. The molecule has 0 atom stereocenters. The van der Waals surface area contributed by atoms with Gasteiger partial charge in [-0.05, 0) is 35.9 Å². The maximum atomic E-state index is 12.2. The average molecular weight is 342 g/mol. The molecule has 1 aromatic heterocycles. The molecule has 5 nitrogen and oxygen atoms in total. The van der Waals surface area contributed by atoms with E-state index in [0.29, 0.717) is 22.8 Å². The van der Waals surface area contributed by atoms with Gasteiger partial charge in [-0.1, -0.05) is 29.8 Å².